The van der Waals surface area contributed by atoms with Gasteiger partial charge in [0, 0.05) is 38.5 Å². The van der Waals surface area contributed by atoms with E-state index in [1.807, 2.05) is 17.0 Å². The SMILES string of the molecule is CC(=O)O.COc1cccc(C[C@H]2[C@H]3C[C@H](CN(C(=O)C4(N)CCC4)C3)[C@@H]3CCCC(=O)N32)c1. The maximum atomic E-state index is 13.2. The molecular formula is C26H37N3O5. The molecule has 4 fully saturated rings. The van der Waals surface area contributed by atoms with Crippen molar-refractivity contribution in [3.05, 3.63) is 29.8 Å². The van der Waals surface area contributed by atoms with Gasteiger partial charge in [-0.15, -0.1) is 0 Å². The van der Waals surface area contributed by atoms with Gasteiger partial charge in [-0.2, -0.15) is 0 Å². The molecular weight excluding hydrogens is 434 g/mol. The van der Waals surface area contributed by atoms with Gasteiger partial charge in [0.25, 0.3) is 5.97 Å². The molecule has 0 spiro atoms. The Hall–Kier alpha value is -2.61. The van der Waals surface area contributed by atoms with Crippen LogP contribution in [0.1, 0.15) is 57.4 Å². The smallest absolute Gasteiger partial charge is 0.300 e. The van der Waals surface area contributed by atoms with Crippen LogP contribution >= 0.6 is 0 Å². The highest BCUT2D eigenvalue weighted by molar-refractivity contribution is 5.87. The minimum absolute atomic E-state index is 0.136. The van der Waals surface area contributed by atoms with E-state index in [4.69, 9.17) is 20.4 Å². The van der Waals surface area contributed by atoms with E-state index in [1.54, 1.807) is 7.11 Å². The number of carbonyl (C=O) groups excluding carboxylic acids is 2. The van der Waals surface area contributed by atoms with Gasteiger partial charge in [-0.3, -0.25) is 14.4 Å². The third-order valence-corrected chi connectivity index (χ3v) is 8.03. The van der Waals surface area contributed by atoms with E-state index in [-0.39, 0.29) is 18.0 Å². The van der Waals surface area contributed by atoms with Crippen LogP contribution in [0.2, 0.25) is 0 Å². The molecule has 8 nitrogen and oxygen atoms in total. The summed E-state index contributed by atoms with van der Waals surface area (Å²) in [5, 5.41) is 7.42. The Morgan fingerprint density at radius 1 is 1.21 bits per heavy atom. The van der Waals surface area contributed by atoms with Gasteiger partial charge in [-0.1, -0.05) is 12.1 Å². The van der Waals surface area contributed by atoms with E-state index < -0.39 is 11.5 Å². The third-order valence-electron chi connectivity index (χ3n) is 8.03. The van der Waals surface area contributed by atoms with Crippen LogP contribution in [0.25, 0.3) is 0 Å². The lowest BCUT2D eigenvalue weighted by molar-refractivity contribution is -0.159. The summed E-state index contributed by atoms with van der Waals surface area (Å²) in [5.74, 6) is 1.13. The zero-order chi connectivity index (χ0) is 24.5. The number of hydrogen-bond donors (Lipinski definition) is 2. The summed E-state index contributed by atoms with van der Waals surface area (Å²) in [6, 6.07) is 8.55. The average Bonchev–Trinajstić information content (AvgIpc) is 2.79. The van der Waals surface area contributed by atoms with Crippen LogP contribution in [-0.4, -0.2) is 70.5 Å². The first-order chi connectivity index (χ1) is 16.2. The first-order valence-corrected chi connectivity index (χ1v) is 12.4. The Morgan fingerprint density at radius 3 is 2.56 bits per heavy atom. The molecule has 8 heteroatoms. The molecule has 2 amide bonds. The fourth-order valence-electron chi connectivity index (χ4n) is 6.33. The number of aliphatic carboxylic acids is 1. The fraction of sp³-hybridized carbons (Fsp3) is 0.654. The van der Waals surface area contributed by atoms with Crippen LogP contribution in [0.5, 0.6) is 5.75 Å². The number of carboxylic acid groups (broad SMARTS) is 1. The molecule has 186 valence electrons. The molecule has 1 aromatic carbocycles. The van der Waals surface area contributed by atoms with Crippen molar-refractivity contribution in [3.8, 4) is 5.75 Å². The van der Waals surface area contributed by atoms with E-state index in [2.05, 4.69) is 17.0 Å². The number of carbonyl (C=O) groups is 3. The molecule has 1 saturated carbocycles. The fourth-order valence-corrected chi connectivity index (χ4v) is 6.33. The van der Waals surface area contributed by atoms with Gasteiger partial charge in [0.05, 0.1) is 12.6 Å². The number of nitrogens with zero attached hydrogens (tertiary/aromatic N) is 2. The number of likely N-dealkylation sites (tertiary alicyclic amines) is 1. The van der Waals surface area contributed by atoms with Crippen molar-refractivity contribution in [2.24, 2.45) is 17.6 Å². The average molecular weight is 472 g/mol. The van der Waals surface area contributed by atoms with Crippen LogP contribution in [-0.2, 0) is 20.8 Å². The topological polar surface area (TPSA) is 113 Å². The highest BCUT2D eigenvalue weighted by Gasteiger charge is 2.52. The molecule has 3 aliphatic heterocycles. The van der Waals surface area contributed by atoms with E-state index in [0.717, 1.165) is 70.7 Å². The molecule has 5 rings (SSSR count). The molecule has 0 aromatic heterocycles. The summed E-state index contributed by atoms with van der Waals surface area (Å²) in [7, 11) is 1.68. The van der Waals surface area contributed by atoms with Gasteiger partial charge in [0.1, 0.15) is 5.75 Å². The molecule has 3 N–H and O–H groups in total. The molecule has 4 atom stereocenters. The van der Waals surface area contributed by atoms with Crippen molar-refractivity contribution < 1.29 is 24.2 Å². The summed E-state index contributed by atoms with van der Waals surface area (Å²) in [6.45, 7) is 2.56. The minimum atomic E-state index is -0.833. The predicted octanol–water partition coefficient (Wildman–Crippen LogP) is 2.44. The number of ether oxygens (including phenoxy) is 1. The van der Waals surface area contributed by atoms with Crippen molar-refractivity contribution in [1.82, 2.24) is 9.80 Å². The first-order valence-electron chi connectivity index (χ1n) is 12.4. The van der Waals surface area contributed by atoms with Gasteiger partial charge in [0.15, 0.2) is 0 Å². The number of fused-ring (bicyclic) bond motifs is 4. The van der Waals surface area contributed by atoms with Gasteiger partial charge >= 0.3 is 0 Å². The molecule has 3 saturated heterocycles. The second-order valence-electron chi connectivity index (χ2n) is 10.4. The van der Waals surface area contributed by atoms with E-state index in [1.165, 1.54) is 5.56 Å². The Labute approximate surface area is 201 Å². The second-order valence-corrected chi connectivity index (χ2v) is 10.4. The Morgan fingerprint density at radius 2 is 1.91 bits per heavy atom. The Bertz CT molecular complexity index is 927. The zero-order valence-corrected chi connectivity index (χ0v) is 20.2. The zero-order valence-electron chi connectivity index (χ0n) is 20.2. The molecule has 4 aliphatic rings. The van der Waals surface area contributed by atoms with Crippen LogP contribution in [0.15, 0.2) is 24.3 Å². The van der Waals surface area contributed by atoms with Gasteiger partial charge in [0.2, 0.25) is 11.8 Å². The minimum Gasteiger partial charge on any atom is -0.497 e. The van der Waals surface area contributed by atoms with Crippen LogP contribution in [0.4, 0.5) is 0 Å². The van der Waals surface area contributed by atoms with Crippen LogP contribution < -0.4 is 10.5 Å². The number of rotatable bonds is 4. The number of benzene rings is 1. The lowest BCUT2D eigenvalue weighted by atomic mass is 9.69. The van der Waals surface area contributed by atoms with Crippen molar-refractivity contribution >= 4 is 17.8 Å². The van der Waals surface area contributed by atoms with Gasteiger partial charge in [-0.05, 0) is 74.5 Å². The lowest BCUT2D eigenvalue weighted by Crippen LogP contribution is -2.68. The van der Waals surface area contributed by atoms with Gasteiger partial charge in [-0.25, -0.2) is 0 Å². The summed E-state index contributed by atoms with van der Waals surface area (Å²) in [6.07, 6.45) is 7.23. The maximum absolute atomic E-state index is 13.2. The highest BCUT2D eigenvalue weighted by Crippen LogP contribution is 2.44. The number of nitrogens with two attached hydrogens (primary N) is 1. The standard InChI is InChI=1S/C24H33N3O3.C2H4O2/c1-30-19-6-2-5-16(11-19)12-21-18-13-17(20-7-3-8-22(28)27(20)21)14-26(15-18)23(29)24(25)9-4-10-24;1-2(3)4/h2,5-6,11,17-18,20-21H,3-4,7-10,12-15,25H2,1H3;1H3,(H,3,4)/t17-,18+,20+,21+;/m1./s1. The number of amides is 2. The summed E-state index contributed by atoms with van der Waals surface area (Å²) < 4.78 is 5.41. The largest absolute Gasteiger partial charge is 0.497 e. The number of carboxylic acids is 1. The third kappa shape index (κ3) is 4.92. The molecule has 3 heterocycles. The van der Waals surface area contributed by atoms with E-state index in [9.17, 15) is 9.59 Å². The monoisotopic (exact) mass is 471 g/mol. The summed E-state index contributed by atoms with van der Waals surface area (Å²) in [5.41, 5.74) is 6.95. The maximum Gasteiger partial charge on any atom is 0.300 e. The highest BCUT2D eigenvalue weighted by atomic mass is 16.5. The Balaban J connectivity index is 0.000000636. The first kappa shape index (κ1) is 24.5. The second kappa shape index (κ2) is 9.94. The van der Waals surface area contributed by atoms with Crippen molar-refractivity contribution in [2.75, 3.05) is 20.2 Å². The van der Waals surface area contributed by atoms with Crippen molar-refractivity contribution in [3.63, 3.8) is 0 Å². The number of piperidine rings is 3. The predicted molar refractivity (Wildman–Crippen MR) is 127 cm³/mol. The molecule has 1 aliphatic carbocycles. The van der Waals surface area contributed by atoms with Crippen molar-refractivity contribution in [1.29, 1.82) is 0 Å². The number of methoxy groups -OCH3 is 1. The van der Waals surface area contributed by atoms with Crippen LogP contribution in [0.3, 0.4) is 0 Å². The lowest BCUT2D eigenvalue weighted by Gasteiger charge is -2.57. The Kier molecular flexibility index (Phi) is 7.17. The summed E-state index contributed by atoms with van der Waals surface area (Å²) in [4.78, 5) is 39.5. The summed E-state index contributed by atoms with van der Waals surface area (Å²) >= 11 is 0. The normalized spacial score (nSPS) is 29.2. The molecule has 0 radical (unpaired) electrons. The molecule has 0 unspecified atom stereocenters. The number of hydrogen-bond acceptors (Lipinski definition) is 5. The van der Waals surface area contributed by atoms with Crippen molar-refractivity contribution in [2.45, 2.75) is 75.9 Å². The molecule has 1 aromatic rings. The van der Waals surface area contributed by atoms with Crippen LogP contribution in [0, 0.1) is 11.8 Å². The van der Waals surface area contributed by atoms with E-state index in [0.29, 0.717) is 24.2 Å². The van der Waals surface area contributed by atoms with Gasteiger partial charge < -0.3 is 25.4 Å². The molecule has 2 bridgehead atoms. The van der Waals surface area contributed by atoms with E-state index >= 15 is 0 Å². The molecule has 34 heavy (non-hydrogen) atoms. The quantitative estimate of drug-likeness (QED) is 0.697.